The Hall–Kier alpha value is 0.557. The van der Waals surface area contributed by atoms with Crippen LogP contribution in [0.25, 0.3) is 0 Å². The summed E-state index contributed by atoms with van der Waals surface area (Å²) in [6, 6.07) is 0. The second-order valence-corrected chi connectivity index (χ2v) is 1.60. The van der Waals surface area contributed by atoms with Gasteiger partial charge in [-0.2, -0.15) is 0 Å². The molecule has 32 valence electrons. The number of hydrogen-bond donors (Lipinski definition) is 1. The summed E-state index contributed by atoms with van der Waals surface area (Å²) >= 11 is 2.17. The Kier molecular flexibility index (Phi) is 4.08. The van der Waals surface area contributed by atoms with Crippen molar-refractivity contribution in [3.8, 4) is 0 Å². The topological polar surface area (TPSA) is 12.0 Å². The molecule has 1 nitrogen and oxygen atoms in total. The van der Waals surface area contributed by atoms with Crippen molar-refractivity contribution in [1.29, 1.82) is 0 Å². The van der Waals surface area contributed by atoms with E-state index in [9.17, 15) is 0 Å². The molecular weight excluding hydrogens is 69.0 g/mol. The fourth-order valence-electron chi connectivity index (χ4n) is 0.204. The second-order valence-electron chi connectivity index (χ2n) is 1.60. The van der Waals surface area contributed by atoms with Gasteiger partial charge < -0.3 is 0 Å². The van der Waals surface area contributed by atoms with Crippen molar-refractivity contribution in [3.05, 3.63) is 0 Å². The summed E-state index contributed by atoms with van der Waals surface area (Å²) < 4.78 is 0.685. The Morgan fingerprint density at radius 2 is 2.33 bits per heavy atom. The maximum absolute atomic E-state index is 3.11. The first-order valence-electron chi connectivity index (χ1n) is 2.48. The molecule has 0 aromatic heterocycles. The van der Waals surface area contributed by atoms with Gasteiger partial charge in [0.05, 0.1) is 0 Å². The van der Waals surface area contributed by atoms with E-state index < -0.39 is 0 Å². The van der Waals surface area contributed by atoms with Crippen LogP contribution < -0.4 is 5.32 Å². The van der Waals surface area contributed by atoms with E-state index in [4.69, 9.17) is 0 Å². The molecule has 0 fully saturated rings. The van der Waals surface area contributed by atoms with Crippen molar-refractivity contribution in [2.24, 2.45) is 0 Å². The average Bonchev–Trinajstić information content (AvgIpc) is 1.65. The first-order chi connectivity index (χ1) is 2.81. The van der Waals surface area contributed by atoms with Crippen molar-refractivity contribution < 1.29 is 0 Å². The van der Waals surface area contributed by atoms with Gasteiger partial charge in [-0.1, -0.05) is 0 Å². The standard InChI is InChI=1S/C4H10N.Li/c1-3-4-5-2;/h4-5H,3H2,1-2H3;. The first kappa shape index (κ1) is 6.56. The summed E-state index contributed by atoms with van der Waals surface area (Å²) in [7, 11) is 1.98. The van der Waals surface area contributed by atoms with Gasteiger partial charge in [-0.15, -0.1) is 0 Å². The number of nitrogens with one attached hydrogen (secondary N) is 1. The van der Waals surface area contributed by atoms with E-state index in [2.05, 4.69) is 30.0 Å². The summed E-state index contributed by atoms with van der Waals surface area (Å²) in [5, 5.41) is 3.11. The molecule has 1 N–H and O–H groups in total. The minimum absolute atomic E-state index is 0.685. The number of rotatable bonds is 2. The van der Waals surface area contributed by atoms with Crippen molar-refractivity contribution in [2.75, 3.05) is 7.05 Å². The zero-order valence-corrected chi connectivity index (χ0v) is 4.78. The van der Waals surface area contributed by atoms with Crippen molar-refractivity contribution in [2.45, 2.75) is 18.1 Å². The minimum atomic E-state index is 0.685. The summed E-state index contributed by atoms with van der Waals surface area (Å²) in [5.74, 6) is 0. The Bertz CT molecular complexity index is 26.7. The molecule has 0 rings (SSSR count). The van der Waals surface area contributed by atoms with Crippen LogP contribution in [-0.4, -0.2) is 29.5 Å². The third-order valence-corrected chi connectivity index (χ3v) is 1.11. The fourth-order valence-corrected chi connectivity index (χ4v) is 0.204. The van der Waals surface area contributed by atoms with Gasteiger partial charge in [0.15, 0.2) is 0 Å². The molecule has 0 saturated heterocycles. The van der Waals surface area contributed by atoms with Gasteiger partial charge in [-0.25, -0.2) is 0 Å². The molecule has 0 aromatic carbocycles. The van der Waals surface area contributed by atoms with Gasteiger partial charge in [0.25, 0.3) is 0 Å². The van der Waals surface area contributed by atoms with Crippen LogP contribution in [0.4, 0.5) is 0 Å². The van der Waals surface area contributed by atoms with E-state index in [1.165, 1.54) is 6.42 Å². The van der Waals surface area contributed by atoms with Crippen molar-refractivity contribution in [1.82, 2.24) is 5.32 Å². The van der Waals surface area contributed by atoms with E-state index in [1.807, 2.05) is 7.05 Å². The first-order valence-corrected chi connectivity index (χ1v) is 2.48. The quantitative estimate of drug-likeness (QED) is 0.463. The van der Waals surface area contributed by atoms with Crippen molar-refractivity contribution in [3.63, 3.8) is 0 Å². The molecule has 0 bridgehead atoms. The molecule has 0 radical (unpaired) electrons. The van der Waals surface area contributed by atoms with Gasteiger partial charge in [0, 0.05) is 0 Å². The third kappa shape index (κ3) is 2.78. The van der Waals surface area contributed by atoms with E-state index in [0.29, 0.717) is 4.71 Å². The molecule has 0 aliphatic carbocycles. The van der Waals surface area contributed by atoms with Gasteiger partial charge in [-0.3, -0.25) is 0 Å². The molecule has 0 saturated carbocycles. The second kappa shape index (κ2) is 3.74. The average molecular weight is 79.1 g/mol. The van der Waals surface area contributed by atoms with Crippen LogP contribution in [-0.2, 0) is 0 Å². The Balaban J connectivity index is 2.75. The van der Waals surface area contributed by atoms with E-state index in [0.717, 1.165) is 0 Å². The molecule has 1 atom stereocenters. The van der Waals surface area contributed by atoms with E-state index in [-0.39, 0.29) is 0 Å². The van der Waals surface area contributed by atoms with Crippen LogP contribution in [0.1, 0.15) is 13.3 Å². The van der Waals surface area contributed by atoms with Crippen LogP contribution >= 0.6 is 0 Å². The maximum atomic E-state index is 3.11. The normalized spacial score (nSPS) is 14.7. The predicted molar refractivity (Wildman–Crippen MR) is 28.9 cm³/mol. The zero-order chi connectivity index (χ0) is 4.99. The molecule has 0 aromatic rings. The van der Waals surface area contributed by atoms with E-state index >= 15 is 0 Å². The van der Waals surface area contributed by atoms with Crippen LogP contribution in [0.15, 0.2) is 0 Å². The van der Waals surface area contributed by atoms with Crippen LogP contribution in [0.5, 0.6) is 0 Å². The Morgan fingerprint density at radius 3 is 2.33 bits per heavy atom. The monoisotopic (exact) mass is 79.1 g/mol. The molecule has 0 aliphatic heterocycles. The van der Waals surface area contributed by atoms with Gasteiger partial charge in [-0.05, 0) is 0 Å². The Labute approximate surface area is 48.7 Å². The molecule has 0 amide bonds. The summed E-state index contributed by atoms with van der Waals surface area (Å²) in [4.78, 5) is 0. The molecule has 0 spiro atoms. The third-order valence-electron chi connectivity index (χ3n) is 1.11. The van der Waals surface area contributed by atoms with Gasteiger partial charge >= 0.3 is 48.1 Å². The van der Waals surface area contributed by atoms with Crippen LogP contribution in [0, 0.1) is 0 Å². The summed E-state index contributed by atoms with van der Waals surface area (Å²) in [5.41, 5.74) is 0. The SMILES string of the molecule is [Li][CH](CC)NC. The van der Waals surface area contributed by atoms with Crippen molar-refractivity contribution >= 4 is 17.7 Å². The summed E-state index contributed by atoms with van der Waals surface area (Å²) in [6.45, 7) is 2.17. The van der Waals surface area contributed by atoms with Crippen LogP contribution in [0.2, 0.25) is 0 Å². The van der Waals surface area contributed by atoms with Crippen LogP contribution in [0.3, 0.4) is 0 Å². The predicted octanol–water partition coefficient (Wildman–Crippen LogP) is 0.110. The fraction of sp³-hybridized carbons (Fsp3) is 1.00. The molecule has 6 heavy (non-hydrogen) atoms. The Morgan fingerprint density at radius 1 is 1.83 bits per heavy atom. The van der Waals surface area contributed by atoms with Gasteiger partial charge in [0.1, 0.15) is 0 Å². The number of hydrogen-bond acceptors (Lipinski definition) is 1. The molecule has 0 aliphatic rings. The van der Waals surface area contributed by atoms with E-state index in [1.54, 1.807) is 0 Å². The molecule has 2 heteroatoms. The zero-order valence-electron chi connectivity index (χ0n) is 4.78. The summed E-state index contributed by atoms with van der Waals surface area (Å²) in [6.07, 6.45) is 1.22. The molecule has 1 unspecified atom stereocenters. The van der Waals surface area contributed by atoms with Gasteiger partial charge in [0.2, 0.25) is 0 Å². The molecule has 0 heterocycles. The molecular formula is C4H10LiN.